The number of carbonyl (C=O) groups excluding carboxylic acids is 2. The fourth-order valence-corrected chi connectivity index (χ4v) is 3.38. The van der Waals surface area contributed by atoms with Gasteiger partial charge in [-0.25, -0.2) is 9.80 Å². The van der Waals surface area contributed by atoms with Crippen molar-refractivity contribution in [3.05, 3.63) is 69.1 Å². The lowest BCUT2D eigenvalue weighted by atomic mass is 10.1. The third-order valence-corrected chi connectivity index (χ3v) is 5.25. The van der Waals surface area contributed by atoms with Crippen LogP contribution < -0.4 is 16.1 Å². The second kappa shape index (κ2) is 6.23. The van der Waals surface area contributed by atoms with Gasteiger partial charge < -0.3 is 0 Å². The molecule has 1 saturated heterocycles. The van der Waals surface area contributed by atoms with Crippen LogP contribution in [-0.4, -0.2) is 20.9 Å². The van der Waals surface area contributed by atoms with Crippen LogP contribution in [0.4, 0.5) is 5.69 Å². The Labute approximate surface area is 161 Å². The van der Waals surface area contributed by atoms with Crippen LogP contribution in [0.1, 0.15) is 16.7 Å². The van der Waals surface area contributed by atoms with Crippen molar-refractivity contribution in [3.8, 4) is 0 Å². The average molecular weight is 376 g/mol. The highest BCUT2D eigenvalue weighted by atomic mass is 16.2. The number of hydrogen-bond donors (Lipinski definition) is 1. The number of imidazole rings is 1. The summed E-state index contributed by atoms with van der Waals surface area (Å²) in [6.45, 7) is 3.94. The topological polar surface area (TPSA) is 76.3 Å². The smallest absolute Gasteiger partial charge is 0.295 e. The van der Waals surface area contributed by atoms with Gasteiger partial charge >= 0.3 is 5.69 Å². The van der Waals surface area contributed by atoms with Crippen LogP contribution in [0.25, 0.3) is 17.1 Å². The Morgan fingerprint density at radius 2 is 1.57 bits per heavy atom. The number of aromatic nitrogens is 2. The molecule has 0 saturated carbocycles. The molecule has 0 spiro atoms. The summed E-state index contributed by atoms with van der Waals surface area (Å²) in [5, 5.41) is 1.26. The second-order valence-corrected chi connectivity index (χ2v) is 7.06. The molecule has 0 bridgehead atoms. The maximum absolute atomic E-state index is 12.8. The Morgan fingerprint density at radius 1 is 0.857 bits per heavy atom. The van der Waals surface area contributed by atoms with Gasteiger partial charge in [0.25, 0.3) is 11.8 Å². The van der Waals surface area contributed by atoms with E-state index in [0.717, 1.165) is 22.2 Å². The Hall–Kier alpha value is -3.61. The molecule has 1 aliphatic heterocycles. The van der Waals surface area contributed by atoms with Gasteiger partial charge in [0, 0.05) is 14.1 Å². The number of rotatable bonds is 2. The van der Waals surface area contributed by atoms with Crippen LogP contribution in [0.15, 0.2) is 46.8 Å². The largest absolute Gasteiger partial charge is 0.328 e. The molecular weight excluding hydrogens is 356 g/mol. The van der Waals surface area contributed by atoms with Gasteiger partial charge in [0.2, 0.25) is 0 Å². The summed E-state index contributed by atoms with van der Waals surface area (Å²) in [5.41, 5.74) is 7.50. The molecule has 1 fully saturated rings. The van der Waals surface area contributed by atoms with Crippen LogP contribution in [0.3, 0.4) is 0 Å². The Kier molecular flexibility index (Phi) is 3.96. The number of anilines is 1. The molecule has 1 aromatic heterocycles. The van der Waals surface area contributed by atoms with Crippen molar-refractivity contribution in [3.63, 3.8) is 0 Å². The molecule has 0 radical (unpaired) electrons. The maximum Gasteiger partial charge on any atom is 0.328 e. The number of nitrogens with one attached hydrogen (secondary N) is 1. The third kappa shape index (κ3) is 2.63. The predicted octanol–water partition coefficient (Wildman–Crippen LogP) is 1.96. The zero-order valence-electron chi connectivity index (χ0n) is 16.1. The van der Waals surface area contributed by atoms with Crippen molar-refractivity contribution >= 4 is 34.6 Å². The molecule has 1 N–H and O–H groups in total. The zero-order valence-corrected chi connectivity index (χ0v) is 16.1. The minimum Gasteiger partial charge on any atom is -0.295 e. The summed E-state index contributed by atoms with van der Waals surface area (Å²) >= 11 is 0. The molecule has 0 unspecified atom stereocenters. The van der Waals surface area contributed by atoms with Crippen LogP contribution in [-0.2, 0) is 23.7 Å². The number of aryl methyl sites for hydroxylation is 4. The summed E-state index contributed by atoms with van der Waals surface area (Å²) in [5.74, 6) is -0.861. The number of benzene rings is 2. The summed E-state index contributed by atoms with van der Waals surface area (Å²) in [7, 11) is 3.40. The van der Waals surface area contributed by atoms with E-state index in [1.165, 1.54) is 9.58 Å². The van der Waals surface area contributed by atoms with Crippen molar-refractivity contribution < 1.29 is 9.59 Å². The van der Waals surface area contributed by atoms with Gasteiger partial charge in [-0.15, -0.1) is 0 Å². The zero-order chi connectivity index (χ0) is 20.2. The minimum absolute atomic E-state index is 0.0542. The summed E-state index contributed by atoms with van der Waals surface area (Å²) in [4.78, 5) is 37.3. The second-order valence-electron chi connectivity index (χ2n) is 7.06. The normalized spacial score (nSPS) is 15.7. The van der Waals surface area contributed by atoms with Gasteiger partial charge in [0.1, 0.15) is 5.57 Å². The summed E-state index contributed by atoms with van der Waals surface area (Å²) in [6, 6.07) is 11.0. The predicted molar refractivity (Wildman–Crippen MR) is 108 cm³/mol. The number of hydrogen-bond acceptors (Lipinski definition) is 3. The summed E-state index contributed by atoms with van der Waals surface area (Å²) in [6.07, 6.45) is 1.55. The van der Waals surface area contributed by atoms with Crippen molar-refractivity contribution in [2.24, 2.45) is 14.1 Å². The van der Waals surface area contributed by atoms with E-state index < -0.39 is 11.8 Å². The van der Waals surface area contributed by atoms with Gasteiger partial charge in [-0.1, -0.05) is 12.1 Å². The van der Waals surface area contributed by atoms with E-state index >= 15 is 0 Å². The number of amides is 2. The van der Waals surface area contributed by atoms with Gasteiger partial charge in [0.05, 0.1) is 16.7 Å². The van der Waals surface area contributed by atoms with Crippen LogP contribution in [0.5, 0.6) is 0 Å². The minimum atomic E-state index is -0.453. The molecule has 7 heteroatoms. The van der Waals surface area contributed by atoms with Crippen molar-refractivity contribution in [2.75, 3.05) is 5.01 Å². The highest BCUT2D eigenvalue weighted by Gasteiger charge is 2.34. The first-order chi connectivity index (χ1) is 13.3. The van der Waals surface area contributed by atoms with Gasteiger partial charge in [-0.05, 0) is 60.9 Å². The van der Waals surface area contributed by atoms with Gasteiger partial charge in [0.15, 0.2) is 0 Å². The first kappa shape index (κ1) is 17.8. The highest BCUT2D eigenvalue weighted by molar-refractivity contribution is 6.31. The van der Waals surface area contributed by atoms with E-state index in [4.69, 9.17) is 0 Å². The van der Waals surface area contributed by atoms with Gasteiger partial charge in [-0.3, -0.25) is 24.1 Å². The standard InChI is InChI=1S/C21H20N4O3/c1-12-5-7-15(9-13(12)2)25-20(27)16(19(26)22-25)10-14-6-8-17-18(11-14)24(4)21(28)23(17)3/h5-11H,1-4H3,(H,22,26)/b16-10-. The molecule has 0 aliphatic carbocycles. The molecule has 7 nitrogen and oxygen atoms in total. The lowest BCUT2D eigenvalue weighted by molar-refractivity contribution is -0.117. The highest BCUT2D eigenvalue weighted by Crippen LogP contribution is 2.24. The van der Waals surface area contributed by atoms with Crippen molar-refractivity contribution in [1.82, 2.24) is 14.6 Å². The van der Waals surface area contributed by atoms with Crippen LogP contribution in [0, 0.1) is 13.8 Å². The number of fused-ring (bicyclic) bond motifs is 1. The molecule has 3 aromatic rings. The van der Waals surface area contributed by atoms with E-state index in [9.17, 15) is 14.4 Å². The average Bonchev–Trinajstić information content (AvgIpc) is 3.07. The number of nitrogens with zero attached hydrogens (tertiary/aromatic N) is 3. The number of hydrazine groups is 1. The van der Waals surface area contributed by atoms with Crippen molar-refractivity contribution in [2.45, 2.75) is 13.8 Å². The molecule has 2 heterocycles. The summed E-state index contributed by atoms with van der Waals surface area (Å²) < 4.78 is 3.09. The first-order valence-corrected chi connectivity index (χ1v) is 8.88. The van der Waals surface area contributed by atoms with Crippen molar-refractivity contribution in [1.29, 1.82) is 0 Å². The Balaban J connectivity index is 1.73. The van der Waals surface area contributed by atoms with E-state index in [0.29, 0.717) is 11.3 Å². The van der Waals surface area contributed by atoms with Crippen LogP contribution >= 0.6 is 0 Å². The molecular formula is C21H20N4O3. The number of carbonyl (C=O) groups is 2. The van der Waals surface area contributed by atoms with Crippen LogP contribution in [0.2, 0.25) is 0 Å². The lowest BCUT2D eigenvalue weighted by Gasteiger charge is -2.15. The van der Waals surface area contributed by atoms with E-state index in [1.54, 1.807) is 42.9 Å². The molecule has 142 valence electrons. The SMILES string of the molecule is Cc1ccc(N2NC(=O)/C(=C/c3ccc4c(c3)n(C)c(=O)n4C)C2=O)cc1C. The monoisotopic (exact) mass is 376 g/mol. The first-order valence-electron chi connectivity index (χ1n) is 8.88. The molecule has 2 aromatic carbocycles. The Bertz CT molecular complexity index is 1250. The fraction of sp³-hybridized carbons (Fsp3) is 0.190. The van der Waals surface area contributed by atoms with Gasteiger partial charge in [-0.2, -0.15) is 0 Å². The fourth-order valence-electron chi connectivity index (χ4n) is 3.38. The molecule has 0 atom stereocenters. The Morgan fingerprint density at radius 3 is 2.29 bits per heavy atom. The van der Waals surface area contributed by atoms with E-state index in [-0.39, 0.29) is 11.3 Å². The third-order valence-electron chi connectivity index (χ3n) is 5.25. The molecule has 1 aliphatic rings. The van der Waals surface area contributed by atoms with E-state index in [2.05, 4.69) is 5.43 Å². The molecule has 4 rings (SSSR count). The van der Waals surface area contributed by atoms with E-state index in [1.807, 2.05) is 32.0 Å². The maximum atomic E-state index is 12.8. The lowest BCUT2D eigenvalue weighted by Crippen LogP contribution is -2.35. The molecule has 2 amide bonds. The quantitative estimate of drug-likeness (QED) is 0.549. The molecule has 28 heavy (non-hydrogen) atoms.